The maximum atomic E-state index is 10.9. The lowest BCUT2D eigenvalue weighted by molar-refractivity contribution is -0.975. The fourth-order valence-electron chi connectivity index (χ4n) is 1.90. The second-order valence-electron chi connectivity index (χ2n) is 5.23. The predicted molar refractivity (Wildman–Crippen MR) is 77.9 cm³/mol. The predicted octanol–water partition coefficient (Wildman–Crippen LogP) is -0.00570. The van der Waals surface area contributed by atoms with Crippen molar-refractivity contribution in [1.29, 1.82) is 0 Å². The maximum absolute atomic E-state index is 10.9. The van der Waals surface area contributed by atoms with E-state index >= 15 is 0 Å². The molecular weight excluding hydrogens is 274 g/mol. The van der Waals surface area contributed by atoms with E-state index < -0.39 is 25.5 Å². The second-order valence-corrected chi connectivity index (χ2v) is 5.23. The molecule has 0 saturated carbocycles. The Bertz CT molecular complexity index is 302. The molecule has 0 radical (unpaired) electrons. The number of ether oxygens (including phenoxy) is 1. The molecule has 21 heavy (non-hydrogen) atoms. The number of unbranched alkanes of at least 4 members (excludes halogenated alkanes) is 2. The number of aliphatic carboxylic acids is 1. The zero-order valence-corrected chi connectivity index (χ0v) is 13.2. The van der Waals surface area contributed by atoms with Crippen molar-refractivity contribution < 1.29 is 29.3 Å². The van der Waals surface area contributed by atoms with E-state index in [1.54, 1.807) is 0 Å². The van der Waals surface area contributed by atoms with Crippen LogP contribution in [0, 0.1) is 0 Å². The Kier molecular flexibility index (Phi) is 11.2. The van der Waals surface area contributed by atoms with Crippen LogP contribution in [0.3, 0.4) is 0 Å². The van der Waals surface area contributed by atoms with Gasteiger partial charge in [0.25, 0.3) is 0 Å². The van der Waals surface area contributed by atoms with Crippen LogP contribution in [0.5, 0.6) is 0 Å². The Labute approximate surface area is 127 Å². The zero-order chi connectivity index (χ0) is 16.1. The molecule has 0 rings (SSSR count). The fourth-order valence-corrected chi connectivity index (χ4v) is 1.90. The molecule has 0 aromatic heterocycles. The summed E-state index contributed by atoms with van der Waals surface area (Å²) in [7, 11) is 0. The molecule has 0 aliphatic rings. The molecule has 0 saturated heterocycles. The number of carboxylic acid groups (broad SMARTS) is 1. The average Bonchev–Trinajstić information content (AvgIpc) is 2.49. The molecule has 0 bridgehead atoms. The topological polar surface area (TPSA) is 89.8 Å². The molecule has 0 amide bonds. The van der Waals surface area contributed by atoms with Gasteiger partial charge in [0.05, 0.1) is 12.6 Å². The number of carbonyl (C=O) groups excluding carboxylic acids is 1. The molecule has 0 spiro atoms. The number of aliphatic hydroxyl groups is 2. The highest BCUT2D eigenvalue weighted by Crippen LogP contribution is 2.11. The molecule has 2 N–H and O–H groups in total. The molecule has 0 aliphatic carbocycles. The van der Waals surface area contributed by atoms with Gasteiger partial charge in [-0.2, -0.15) is 0 Å². The number of carboxylic acids is 1. The van der Waals surface area contributed by atoms with Gasteiger partial charge < -0.3 is 24.9 Å². The first-order valence-corrected chi connectivity index (χ1v) is 7.55. The summed E-state index contributed by atoms with van der Waals surface area (Å²) in [4.78, 5) is 10.9. The zero-order valence-electron chi connectivity index (χ0n) is 13.2. The number of allylic oxidation sites excluding steroid dienone is 2. The quantitative estimate of drug-likeness (QED) is 0.216. The standard InChI is InChI=1S/C15H29NO5/c1-3-4-5-6-7-8-10-21-11-9-16(12-17,13-18)14(2)15(19)20/h5-6,14,17-18H,3-4,7-13H2,1-2H3/b6-5+. The first kappa shape index (κ1) is 20.1. The van der Waals surface area contributed by atoms with E-state index in [0.29, 0.717) is 6.61 Å². The Morgan fingerprint density at radius 3 is 2.38 bits per heavy atom. The molecule has 0 aromatic carbocycles. The van der Waals surface area contributed by atoms with E-state index in [1.165, 1.54) is 6.92 Å². The molecule has 0 heterocycles. The first-order chi connectivity index (χ1) is 10.0. The monoisotopic (exact) mass is 303 g/mol. The second kappa shape index (κ2) is 11.7. The molecule has 6 nitrogen and oxygen atoms in total. The Hall–Kier alpha value is -0.950. The lowest BCUT2D eigenvalue weighted by Gasteiger charge is -2.40. The highest BCUT2D eigenvalue weighted by Gasteiger charge is 2.33. The summed E-state index contributed by atoms with van der Waals surface area (Å²) in [5.74, 6) is -1.29. The van der Waals surface area contributed by atoms with Gasteiger partial charge in [-0.25, -0.2) is 0 Å². The van der Waals surface area contributed by atoms with Gasteiger partial charge in [-0.15, -0.1) is 0 Å². The van der Waals surface area contributed by atoms with Gasteiger partial charge in [0, 0.05) is 6.61 Å². The van der Waals surface area contributed by atoms with Crippen LogP contribution in [0.2, 0.25) is 0 Å². The summed E-state index contributed by atoms with van der Waals surface area (Å²) in [5, 5.41) is 29.7. The molecular formula is C15H29NO5. The third kappa shape index (κ3) is 7.57. The van der Waals surface area contributed by atoms with Gasteiger partial charge in [0.2, 0.25) is 0 Å². The molecule has 0 fully saturated rings. The van der Waals surface area contributed by atoms with Crippen LogP contribution in [-0.4, -0.2) is 59.9 Å². The SMILES string of the molecule is CCC/C=C/CCCOCC[N+](CO)(CO)C(C)C(=O)[O-]. The van der Waals surface area contributed by atoms with Gasteiger partial charge in [-0.1, -0.05) is 25.5 Å². The summed E-state index contributed by atoms with van der Waals surface area (Å²) >= 11 is 0. The minimum Gasteiger partial charge on any atom is -0.544 e. The maximum Gasteiger partial charge on any atom is 0.182 e. The number of carbonyl (C=O) groups is 1. The Morgan fingerprint density at radius 1 is 1.24 bits per heavy atom. The molecule has 6 heteroatoms. The van der Waals surface area contributed by atoms with Crippen molar-refractivity contribution in [3.63, 3.8) is 0 Å². The number of nitrogens with zero attached hydrogens (tertiary/aromatic N) is 1. The van der Waals surface area contributed by atoms with Crippen molar-refractivity contribution in [3.05, 3.63) is 12.2 Å². The summed E-state index contributed by atoms with van der Waals surface area (Å²) in [6, 6.07) is -0.986. The highest BCUT2D eigenvalue weighted by molar-refractivity contribution is 5.69. The van der Waals surface area contributed by atoms with Crippen LogP contribution in [0.25, 0.3) is 0 Å². The van der Waals surface area contributed by atoms with Gasteiger partial charge >= 0.3 is 0 Å². The smallest absolute Gasteiger partial charge is 0.182 e. The Morgan fingerprint density at radius 2 is 1.86 bits per heavy atom. The van der Waals surface area contributed by atoms with E-state index in [1.807, 2.05) is 0 Å². The van der Waals surface area contributed by atoms with Crippen molar-refractivity contribution in [1.82, 2.24) is 0 Å². The van der Waals surface area contributed by atoms with Gasteiger partial charge in [-0.05, 0) is 26.2 Å². The van der Waals surface area contributed by atoms with Crippen molar-refractivity contribution in [2.45, 2.75) is 45.6 Å². The van der Waals surface area contributed by atoms with Crippen molar-refractivity contribution in [2.24, 2.45) is 0 Å². The van der Waals surface area contributed by atoms with Crippen LogP contribution in [0.4, 0.5) is 0 Å². The largest absolute Gasteiger partial charge is 0.544 e. The van der Waals surface area contributed by atoms with E-state index in [9.17, 15) is 20.1 Å². The number of quaternary nitrogens is 1. The van der Waals surface area contributed by atoms with Gasteiger partial charge in [0.15, 0.2) is 13.5 Å². The summed E-state index contributed by atoms with van der Waals surface area (Å²) in [5.41, 5.74) is 0. The first-order valence-electron chi connectivity index (χ1n) is 7.55. The van der Waals surface area contributed by atoms with Crippen LogP contribution in [0.15, 0.2) is 12.2 Å². The van der Waals surface area contributed by atoms with Gasteiger partial charge in [-0.3, -0.25) is 4.48 Å². The van der Waals surface area contributed by atoms with Crippen molar-refractivity contribution >= 4 is 5.97 Å². The number of aliphatic hydroxyl groups excluding tert-OH is 2. The average molecular weight is 303 g/mol. The molecule has 0 aliphatic heterocycles. The molecule has 124 valence electrons. The third-order valence-corrected chi connectivity index (χ3v) is 3.69. The van der Waals surface area contributed by atoms with Crippen molar-refractivity contribution in [2.75, 3.05) is 33.2 Å². The molecule has 1 unspecified atom stereocenters. The third-order valence-electron chi connectivity index (χ3n) is 3.69. The lowest BCUT2D eigenvalue weighted by atomic mass is 10.2. The highest BCUT2D eigenvalue weighted by atomic mass is 16.5. The van der Waals surface area contributed by atoms with E-state index in [4.69, 9.17) is 4.74 Å². The van der Waals surface area contributed by atoms with Gasteiger partial charge in [0.1, 0.15) is 12.6 Å². The van der Waals surface area contributed by atoms with Crippen LogP contribution in [0.1, 0.15) is 39.5 Å². The summed E-state index contributed by atoms with van der Waals surface area (Å²) in [6.07, 6.45) is 8.37. The lowest BCUT2D eigenvalue weighted by Crippen LogP contribution is -2.62. The summed E-state index contributed by atoms with van der Waals surface area (Å²) in [6.45, 7) is 3.72. The molecule has 0 aromatic rings. The number of hydrogen-bond donors (Lipinski definition) is 2. The van der Waals surface area contributed by atoms with E-state index in [2.05, 4.69) is 19.1 Å². The summed E-state index contributed by atoms with van der Waals surface area (Å²) < 4.78 is 5.08. The Balaban J connectivity index is 3.97. The normalized spacial score (nSPS) is 13.7. The fraction of sp³-hybridized carbons (Fsp3) is 0.800. The number of hydrogen-bond acceptors (Lipinski definition) is 5. The van der Waals surface area contributed by atoms with Crippen LogP contribution in [-0.2, 0) is 9.53 Å². The van der Waals surface area contributed by atoms with Crippen molar-refractivity contribution in [3.8, 4) is 0 Å². The van der Waals surface area contributed by atoms with E-state index in [-0.39, 0.29) is 17.6 Å². The van der Waals surface area contributed by atoms with Crippen LogP contribution < -0.4 is 5.11 Å². The number of rotatable bonds is 13. The molecule has 1 atom stereocenters. The van der Waals surface area contributed by atoms with E-state index in [0.717, 1.165) is 25.7 Å². The minimum atomic E-state index is -1.29. The minimum absolute atomic E-state index is 0.230. The van der Waals surface area contributed by atoms with Crippen LogP contribution >= 0.6 is 0 Å².